The van der Waals surface area contributed by atoms with E-state index in [1.165, 1.54) is 22.5 Å². The predicted octanol–water partition coefficient (Wildman–Crippen LogP) is 5.71. The third-order valence-electron chi connectivity index (χ3n) is 4.15. The molecule has 0 spiro atoms. The third kappa shape index (κ3) is 4.10. The zero-order valence-corrected chi connectivity index (χ0v) is 15.6. The molecule has 2 heterocycles. The van der Waals surface area contributed by atoms with Gasteiger partial charge in [-0.15, -0.1) is 11.3 Å². The fraction of sp³-hybridized carbons (Fsp3) is 0.0455. The van der Waals surface area contributed by atoms with Crippen LogP contribution in [0.2, 0.25) is 0 Å². The molecule has 0 aliphatic heterocycles. The summed E-state index contributed by atoms with van der Waals surface area (Å²) < 4.78 is 0. The summed E-state index contributed by atoms with van der Waals surface area (Å²) in [4.78, 5) is 8.92. The number of hydrogen-bond donors (Lipinski definition) is 1. The summed E-state index contributed by atoms with van der Waals surface area (Å²) in [5.74, 6) is 0. The van der Waals surface area contributed by atoms with Gasteiger partial charge in [0, 0.05) is 17.1 Å². The van der Waals surface area contributed by atoms with Crippen LogP contribution >= 0.6 is 11.3 Å². The molecule has 0 bridgehead atoms. The first kappa shape index (κ1) is 17.1. The number of rotatable bonds is 5. The van der Waals surface area contributed by atoms with E-state index in [1.807, 2.05) is 36.6 Å². The van der Waals surface area contributed by atoms with Crippen LogP contribution in [0.4, 0.5) is 5.13 Å². The zero-order valence-electron chi connectivity index (χ0n) is 14.8. The Morgan fingerprint density at radius 3 is 2.30 bits per heavy atom. The molecule has 0 radical (unpaired) electrons. The van der Waals surface area contributed by atoms with Gasteiger partial charge < -0.3 is 0 Å². The molecule has 0 saturated carbocycles. The van der Waals surface area contributed by atoms with Crippen molar-refractivity contribution in [2.45, 2.75) is 6.92 Å². The quantitative estimate of drug-likeness (QED) is 0.362. The van der Waals surface area contributed by atoms with E-state index in [-0.39, 0.29) is 0 Å². The van der Waals surface area contributed by atoms with Crippen LogP contribution in [-0.4, -0.2) is 15.7 Å². The summed E-state index contributed by atoms with van der Waals surface area (Å²) >= 11 is 1.53. The first-order chi connectivity index (χ1) is 13.3. The number of nitrogens with one attached hydrogen (secondary N) is 1. The number of thiazole rings is 1. The smallest absolute Gasteiger partial charge is 0.203 e. The summed E-state index contributed by atoms with van der Waals surface area (Å²) in [6.45, 7) is 1.92. The summed E-state index contributed by atoms with van der Waals surface area (Å²) in [5, 5.41) is 7.17. The lowest BCUT2D eigenvalue weighted by molar-refractivity contribution is 1.23. The second kappa shape index (κ2) is 7.93. The molecule has 27 heavy (non-hydrogen) atoms. The number of nitrogens with zero attached hydrogens (tertiary/aromatic N) is 3. The highest BCUT2D eigenvalue weighted by atomic mass is 32.1. The number of benzene rings is 2. The first-order valence-corrected chi connectivity index (χ1v) is 9.51. The Labute approximate surface area is 162 Å². The lowest BCUT2D eigenvalue weighted by atomic mass is 10.0. The maximum Gasteiger partial charge on any atom is 0.203 e. The van der Waals surface area contributed by atoms with E-state index >= 15 is 0 Å². The SMILES string of the molecule is C/C(=N\Nc1nc(-c2ccc(-c3ccccc3)cc2)cs1)c1ccccn1. The van der Waals surface area contributed by atoms with Crippen LogP contribution in [0.5, 0.6) is 0 Å². The van der Waals surface area contributed by atoms with Gasteiger partial charge in [0.2, 0.25) is 5.13 Å². The molecule has 0 amide bonds. The molecule has 5 heteroatoms. The Kier molecular flexibility index (Phi) is 5.03. The predicted molar refractivity (Wildman–Crippen MR) is 113 cm³/mol. The van der Waals surface area contributed by atoms with Crippen molar-refractivity contribution < 1.29 is 0 Å². The van der Waals surface area contributed by atoms with Gasteiger partial charge in [-0.05, 0) is 30.2 Å². The van der Waals surface area contributed by atoms with Crippen LogP contribution in [0.3, 0.4) is 0 Å². The van der Waals surface area contributed by atoms with Gasteiger partial charge in [-0.3, -0.25) is 10.4 Å². The average Bonchev–Trinajstić information content (AvgIpc) is 3.22. The fourth-order valence-corrected chi connectivity index (χ4v) is 3.35. The van der Waals surface area contributed by atoms with Crippen molar-refractivity contribution in [2.24, 2.45) is 5.10 Å². The summed E-state index contributed by atoms with van der Waals surface area (Å²) in [6.07, 6.45) is 1.76. The summed E-state index contributed by atoms with van der Waals surface area (Å²) in [5.41, 5.74) is 9.13. The molecule has 2 aromatic carbocycles. The van der Waals surface area contributed by atoms with Gasteiger partial charge in [0.25, 0.3) is 0 Å². The molecule has 0 aliphatic carbocycles. The molecule has 4 nitrogen and oxygen atoms in total. The van der Waals surface area contributed by atoms with Gasteiger partial charge >= 0.3 is 0 Å². The molecule has 0 fully saturated rings. The molecule has 132 valence electrons. The first-order valence-electron chi connectivity index (χ1n) is 8.63. The monoisotopic (exact) mass is 370 g/mol. The summed E-state index contributed by atoms with van der Waals surface area (Å²) in [7, 11) is 0. The largest absolute Gasteiger partial charge is 0.255 e. The maximum absolute atomic E-state index is 4.63. The highest BCUT2D eigenvalue weighted by Crippen LogP contribution is 2.27. The van der Waals surface area contributed by atoms with Crippen molar-refractivity contribution in [1.29, 1.82) is 0 Å². The molecule has 0 atom stereocenters. The molecular formula is C22H18N4S. The average molecular weight is 370 g/mol. The van der Waals surface area contributed by atoms with Crippen LogP contribution in [-0.2, 0) is 0 Å². The van der Waals surface area contributed by atoms with Gasteiger partial charge in [-0.1, -0.05) is 60.7 Å². The van der Waals surface area contributed by atoms with Crippen LogP contribution in [0, 0.1) is 0 Å². The maximum atomic E-state index is 4.63. The van der Waals surface area contributed by atoms with E-state index in [0.717, 1.165) is 27.8 Å². The van der Waals surface area contributed by atoms with Gasteiger partial charge in [0.1, 0.15) is 0 Å². The standard InChI is InChI=1S/C22H18N4S/c1-16(20-9-5-6-14-23-20)25-26-22-24-21(15-27-22)19-12-10-18(11-13-19)17-7-3-2-4-8-17/h2-15H,1H3,(H,24,26)/b25-16+. The van der Waals surface area contributed by atoms with Crippen molar-refractivity contribution in [3.05, 3.63) is 90.1 Å². The Bertz CT molecular complexity index is 1040. The van der Waals surface area contributed by atoms with Crippen LogP contribution in [0.1, 0.15) is 12.6 Å². The minimum Gasteiger partial charge on any atom is -0.255 e. The Morgan fingerprint density at radius 1 is 0.852 bits per heavy atom. The van der Waals surface area contributed by atoms with Gasteiger partial charge in [-0.2, -0.15) is 5.10 Å². The van der Waals surface area contributed by atoms with Gasteiger partial charge in [0.15, 0.2) is 0 Å². The topological polar surface area (TPSA) is 50.2 Å². The van der Waals surface area contributed by atoms with E-state index in [1.54, 1.807) is 6.20 Å². The highest BCUT2D eigenvalue weighted by Gasteiger charge is 2.05. The van der Waals surface area contributed by atoms with Crippen molar-refractivity contribution in [3.8, 4) is 22.4 Å². The Hall–Kier alpha value is -3.31. The normalized spacial score (nSPS) is 11.4. The van der Waals surface area contributed by atoms with E-state index in [2.05, 4.69) is 69.0 Å². The zero-order chi connectivity index (χ0) is 18.5. The molecule has 0 saturated heterocycles. The molecule has 4 rings (SSSR count). The lowest BCUT2D eigenvalue weighted by Crippen LogP contribution is -2.01. The lowest BCUT2D eigenvalue weighted by Gasteiger charge is -2.03. The van der Waals surface area contributed by atoms with E-state index < -0.39 is 0 Å². The van der Waals surface area contributed by atoms with Crippen molar-refractivity contribution in [1.82, 2.24) is 9.97 Å². The summed E-state index contributed by atoms with van der Waals surface area (Å²) in [6, 6.07) is 24.6. The van der Waals surface area contributed by atoms with Crippen LogP contribution in [0.15, 0.2) is 89.5 Å². The molecule has 2 aromatic heterocycles. The van der Waals surface area contributed by atoms with Crippen molar-refractivity contribution in [2.75, 3.05) is 5.43 Å². The van der Waals surface area contributed by atoms with Crippen LogP contribution in [0.25, 0.3) is 22.4 Å². The molecular weight excluding hydrogens is 352 g/mol. The second-order valence-electron chi connectivity index (χ2n) is 6.01. The molecule has 0 aliphatic rings. The van der Waals surface area contributed by atoms with Crippen LogP contribution < -0.4 is 5.43 Å². The van der Waals surface area contributed by atoms with Crippen molar-refractivity contribution in [3.63, 3.8) is 0 Å². The van der Waals surface area contributed by atoms with Gasteiger partial charge in [0.05, 0.1) is 17.1 Å². The number of pyridine rings is 1. The number of hydrazone groups is 1. The van der Waals surface area contributed by atoms with E-state index in [4.69, 9.17) is 0 Å². The fourth-order valence-electron chi connectivity index (χ4n) is 2.69. The Balaban J connectivity index is 1.48. The van der Waals surface area contributed by atoms with E-state index in [0.29, 0.717) is 0 Å². The van der Waals surface area contributed by atoms with Gasteiger partial charge in [-0.25, -0.2) is 4.98 Å². The minimum atomic E-state index is 0.757. The Morgan fingerprint density at radius 2 is 1.56 bits per heavy atom. The third-order valence-corrected chi connectivity index (χ3v) is 4.89. The van der Waals surface area contributed by atoms with E-state index in [9.17, 15) is 0 Å². The van der Waals surface area contributed by atoms with Crippen molar-refractivity contribution >= 4 is 22.2 Å². The molecule has 0 unspecified atom stereocenters. The number of anilines is 1. The number of hydrogen-bond acceptors (Lipinski definition) is 5. The second-order valence-corrected chi connectivity index (χ2v) is 6.86. The highest BCUT2D eigenvalue weighted by molar-refractivity contribution is 7.14. The molecule has 1 N–H and O–H groups in total. The number of aromatic nitrogens is 2. The molecule has 4 aromatic rings. The minimum absolute atomic E-state index is 0.757.